The van der Waals surface area contributed by atoms with Gasteiger partial charge in [-0.2, -0.15) is 0 Å². The molecule has 6 heterocycles. The van der Waals surface area contributed by atoms with E-state index < -0.39 is 0 Å². The van der Waals surface area contributed by atoms with Crippen LogP contribution in [0, 0.1) is 11.2 Å². The maximum atomic E-state index is 15.5. The zero-order chi connectivity index (χ0) is 27.3. The number of hydrogen-bond acceptors (Lipinski definition) is 7. The van der Waals surface area contributed by atoms with E-state index in [-0.39, 0.29) is 11.9 Å². The number of fused-ring (bicyclic) bond motifs is 1. The largest absolute Gasteiger partial charge is 0.381 e. The second-order valence-electron chi connectivity index (χ2n) is 11.3. The molecule has 3 aliphatic rings. The van der Waals surface area contributed by atoms with Crippen LogP contribution in [0.4, 0.5) is 21.8 Å². The Morgan fingerprint density at radius 1 is 1.10 bits per heavy atom. The minimum atomic E-state index is -0.335. The van der Waals surface area contributed by atoms with E-state index in [0.29, 0.717) is 27.8 Å². The van der Waals surface area contributed by atoms with Crippen LogP contribution in [0.3, 0.4) is 0 Å². The third kappa shape index (κ3) is 4.80. The number of benzene rings is 1. The molecule has 0 aliphatic carbocycles. The minimum Gasteiger partial charge on any atom is -0.381 e. The first kappa shape index (κ1) is 25.7. The monoisotopic (exact) mass is 561 g/mol. The zero-order valence-electron chi connectivity index (χ0n) is 22.6. The SMILES string of the molecule is CCc1cc2cnc(Nc3cc(N4CCC5(CCCOC5)CC4)ncn3)cc2n1-c1c(F)cc(C2CN2)cc1Cl. The Labute approximate surface area is 237 Å². The van der Waals surface area contributed by atoms with E-state index in [4.69, 9.17) is 16.3 Å². The van der Waals surface area contributed by atoms with Crippen molar-refractivity contribution in [3.8, 4) is 5.69 Å². The van der Waals surface area contributed by atoms with Crippen molar-refractivity contribution in [1.82, 2.24) is 24.8 Å². The molecule has 3 aromatic heterocycles. The number of aryl methyl sites for hydroxylation is 1. The van der Waals surface area contributed by atoms with Gasteiger partial charge < -0.3 is 24.8 Å². The summed E-state index contributed by atoms with van der Waals surface area (Å²) in [4.78, 5) is 16.0. The highest BCUT2D eigenvalue weighted by atomic mass is 35.5. The van der Waals surface area contributed by atoms with Gasteiger partial charge in [0.05, 0.1) is 17.1 Å². The lowest BCUT2D eigenvalue weighted by atomic mass is 9.74. The molecule has 3 saturated heterocycles. The van der Waals surface area contributed by atoms with Crippen molar-refractivity contribution in [2.75, 3.05) is 43.1 Å². The van der Waals surface area contributed by atoms with Gasteiger partial charge in [0.25, 0.3) is 0 Å². The summed E-state index contributed by atoms with van der Waals surface area (Å²) in [5.74, 6) is 1.85. The predicted molar refractivity (Wildman–Crippen MR) is 155 cm³/mol. The van der Waals surface area contributed by atoms with Crippen LogP contribution < -0.4 is 15.5 Å². The molecule has 1 spiro atoms. The Kier molecular flexibility index (Phi) is 6.60. The summed E-state index contributed by atoms with van der Waals surface area (Å²) in [6.45, 7) is 6.59. The fraction of sp³-hybridized carbons (Fsp3) is 0.433. The molecule has 0 amide bonds. The molecule has 208 valence electrons. The van der Waals surface area contributed by atoms with Gasteiger partial charge in [-0.1, -0.05) is 18.5 Å². The molecular weight excluding hydrogens is 529 g/mol. The second-order valence-corrected chi connectivity index (χ2v) is 11.7. The van der Waals surface area contributed by atoms with E-state index in [1.807, 2.05) is 28.8 Å². The number of ether oxygens (including phenoxy) is 1. The first-order chi connectivity index (χ1) is 19.5. The highest BCUT2D eigenvalue weighted by Gasteiger charge is 2.36. The number of halogens is 2. The van der Waals surface area contributed by atoms with Crippen molar-refractivity contribution in [1.29, 1.82) is 0 Å². The molecule has 7 rings (SSSR count). The molecule has 2 N–H and O–H groups in total. The second kappa shape index (κ2) is 10.3. The lowest BCUT2D eigenvalue weighted by Crippen LogP contribution is -2.44. The highest BCUT2D eigenvalue weighted by molar-refractivity contribution is 6.32. The Balaban J connectivity index is 1.16. The van der Waals surface area contributed by atoms with Gasteiger partial charge in [-0.3, -0.25) is 0 Å². The summed E-state index contributed by atoms with van der Waals surface area (Å²) >= 11 is 6.69. The van der Waals surface area contributed by atoms with Crippen LogP contribution in [-0.4, -0.2) is 52.4 Å². The molecule has 40 heavy (non-hydrogen) atoms. The minimum absolute atomic E-state index is 0.179. The molecule has 0 radical (unpaired) electrons. The van der Waals surface area contributed by atoms with E-state index >= 15 is 4.39 Å². The van der Waals surface area contributed by atoms with Crippen LogP contribution in [0.2, 0.25) is 5.02 Å². The predicted octanol–water partition coefficient (Wildman–Crippen LogP) is 5.96. The molecule has 10 heteroatoms. The number of anilines is 3. The van der Waals surface area contributed by atoms with E-state index in [1.165, 1.54) is 6.42 Å². The number of nitrogens with one attached hydrogen (secondary N) is 2. The lowest BCUT2D eigenvalue weighted by molar-refractivity contribution is -0.0210. The van der Waals surface area contributed by atoms with Gasteiger partial charge in [-0.05, 0) is 61.3 Å². The molecule has 0 saturated carbocycles. The van der Waals surface area contributed by atoms with Crippen molar-refractivity contribution < 1.29 is 9.13 Å². The average Bonchev–Trinajstić information content (AvgIpc) is 3.76. The van der Waals surface area contributed by atoms with Crippen LogP contribution in [0.5, 0.6) is 0 Å². The average molecular weight is 562 g/mol. The summed E-state index contributed by atoms with van der Waals surface area (Å²) < 4.78 is 23.2. The van der Waals surface area contributed by atoms with Gasteiger partial charge in [0.1, 0.15) is 35.3 Å². The van der Waals surface area contributed by atoms with Crippen LogP contribution in [0.15, 0.2) is 42.9 Å². The van der Waals surface area contributed by atoms with E-state index in [0.717, 1.165) is 86.5 Å². The maximum Gasteiger partial charge on any atom is 0.149 e. The van der Waals surface area contributed by atoms with Crippen molar-refractivity contribution >= 4 is 40.0 Å². The summed E-state index contributed by atoms with van der Waals surface area (Å²) in [6.07, 6.45) is 8.76. The summed E-state index contributed by atoms with van der Waals surface area (Å²) in [7, 11) is 0. The standard InChI is InChI=1S/C30H33ClFN7O/c1-2-21-10-20-15-34-26(13-25(20)39(21)29-22(31)11-19(12-23(29)32)24-16-33-24)37-27-14-28(36-18-35-27)38-7-5-30(6-8-38)4-3-9-40-17-30/h10-15,18,24,33H,2-9,16-17H2,1H3,(H,34,35,36,37). The summed E-state index contributed by atoms with van der Waals surface area (Å²) in [5.41, 5.74) is 3.36. The Bertz CT molecular complexity index is 1530. The zero-order valence-corrected chi connectivity index (χ0v) is 23.3. The first-order valence-electron chi connectivity index (χ1n) is 14.2. The van der Waals surface area contributed by atoms with Crippen molar-refractivity contribution in [3.63, 3.8) is 0 Å². The molecule has 1 atom stereocenters. The molecular formula is C30H33ClFN7O. The third-order valence-electron chi connectivity index (χ3n) is 8.66. The number of aromatic nitrogens is 4. The van der Waals surface area contributed by atoms with Crippen molar-refractivity contribution in [3.05, 3.63) is 65.0 Å². The first-order valence-corrected chi connectivity index (χ1v) is 14.5. The van der Waals surface area contributed by atoms with E-state index in [1.54, 1.807) is 18.6 Å². The van der Waals surface area contributed by atoms with Gasteiger partial charge in [-0.25, -0.2) is 19.3 Å². The van der Waals surface area contributed by atoms with Crippen LogP contribution in [0.1, 0.15) is 49.9 Å². The van der Waals surface area contributed by atoms with Gasteiger partial charge in [0.2, 0.25) is 0 Å². The Morgan fingerprint density at radius 3 is 2.65 bits per heavy atom. The van der Waals surface area contributed by atoms with Gasteiger partial charge >= 0.3 is 0 Å². The normalized spacial score (nSPS) is 20.3. The van der Waals surface area contributed by atoms with E-state index in [9.17, 15) is 0 Å². The summed E-state index contributed by atoms with van der Waals surface area (Å²) in [5, 5.41) is 7.87. The fourth-order valence-electron chi connectivity index (χ4n) is 6.28. The maximum absolute atomic E-state index is 15.5. The molecule has 1 aromatic carbocycles. The quantitative estimate of drug-likeness (QED) is 0.281. The number of pyridine rings is 1. The Morgan fingerprint density at radius 2 is 1.93 bits per heavy atom. The molecule has 3 fully saturated rings. The summed E-state index contributed by atoms with van der Waals surface area (Å²) in [6, 6.07) is 9.57. The number of nitrogens with zero attached hydrogens (tertiary/aromatic N) is 5. The van der Waals surface area contributed by atoms with Crippen molar-refractivity contribution in [2.45, 2.75) is 45.1 Å². The molecule has 3 aliphatic heterocycles. The third-order valence-corrected chi connectivity index (χ3v) is 8.95. The van der Waals surface area contributed by atoms with Crippen LogP contribution in [-0.2, 0) is 11.2 Å². The number of piperidine rings is 1. The van der Waals surface area contributed by atoms with Crippen molar-refractivity contribution in [2.24, 2.45) is 5.41 Å². The fourth-order valence-corrected chi connectivity index (χ4v) is 6.58. The number of rotatable bonds is 6. The molecule has 4 aromatic rings. The molecule has 1 unspecified atom stereocenters. The van der Waals surface area contributed by atoms with Gasteiger partial charge in [-0.15, -0.1) is 0 Å². The van der Waals surface area contributed by atoms with Gasteiger partial charge in [0, 0.05) is 61.7 Å². The smallest absolute Gasteiger partial charge is 0.149 e. The molecule has 8 nitrogen and oxygen atoms in total. The van der Waals surface area contributed by atoms with E-state index in [2.05, 4.69) is 37.4 Å². The lowest BCUT2D eigenvalue weighted by Gasteiger charge is -2.44. The Hall–Kier alpha value is -3.27. The topological polar surface area (TPSA) is 90.0 Å². The number of hydrogen-bond donors (Lipinski definition) is 2. The molecule has 0 bridgehead atoms. The van der Waals surface area contributed by atoms with Crippen LogP contribution in [0.25, 0.3) is 16.6 Å². The van der Waals surface area contributed by atoms with Crippen LogP contribution >= 0.6 is 11.6 Å². The highest BCUT2D eigenvalue weighted by Crippen LogP contribution is 2.40. The van der Waals surface area contributed by atoms with Gasteiger partial charge in [0.15, 0.2) is 0 Å².